The first-order valence-electron chi connectivity index (χ1n) is 7.36. The molecule has 114 valence electrons. The standard InChI is InChI=1S/C14H25N3O3/c1-15-5-3-11(4-6-15)8-16(2)14(20)17-9-12(10-17)7-13(18)19/h11-12H,3-10H2,1-2H3,(H,18,19). The van der Waals surface area contributed by atoms with E-state index in [-0.39, 0.29) is 18.4 Å². The quantitative estimate of drug-likeness (QED) is 0.828. The first-order valence-corrected chi connectivity index (χ1v) is 7.36. The van der Waals surface area contributed by atoms with Crippen molar-refractivity contribution < 1.29 is 14.7 Å². The van der Waals surface area contributed by atoms with E-state index in [0.29, 0.717) is 19.0 Å². The number of rotatable bonds is 4. The third-order valence-electron chi connectivity index (χ3n) is 4.39. The van der Waals surface area contributed by atoms with Gasteiger partial charge in [0.2, 0.25) is 0 Å². The molecule has 2 fully saturated rings. The molecular formula is C14H25N3O3. The number of nitrogens with zero attached hydrogens (tertiary/aromatic N) is 3. The maximum absolute atomic E-state index is 12.2. The number of piperidine rings is 1. The van der Waals surface area contributed by atoms with E-state index < -0.39 is 5.97 Å². The first-order chi connectivity index (χ1) is 9.45. The fourth-order valence-electron chi connectivity index (χ4n) is 3.05. The SMILES string of the molecule is CN1CCC(CN(C)C(=O)N2CC(CC(=O)O)C2)CC1. The number of amides is 2. The molecule has 0 bridgehead atoms. The normalized spacial score (nSPS) is 21.6. The molecule has 0 aromatic rings. The zero-order valence-electron chi connectivity index (χ0n) is 12.4. The summed E-state index contributed by atoms with van der Waals surface area (Å²) in [6.45, 7) is 4.20. The van der Waals surface area contributed by atoms with Gasteiger partial charge in [0.1, 0.15) is 0 Å². The average Bonchev–Trinajstić information content (AvgIpc) is 2.35. The Morgan fingerprint density at radius 1 is 1.20 bits per heavy atom. The van der Waals surface area contributed by atoms with E-state index in [4.69, 9.17) is 5.11 Å². The fraction of sp³-hybridized carbons (Fsp3) is 0.857. The van der Waals surface area contributed by atoms with Crippen LogP contribution in [0.2, 0.25) is 0 Å². The number of carboxylic acids is 1. The Morgan fingerprint density at radius 3 is 2.35 bits per heavy atom. The maximum Gasteiger partial charge on any atom is 0.319 e. The summed E-state index contributed by atoms with van der Waals surface area (Å²) in [5.41, 5.74) is 0. The lowest BCUT2D eigenvalue weighted by molar-refractivity contribution is -0.139. The Morgan fingerprint density at radius 2 is 1.80 bits per heavy atom. The lowest BCUT2D eigenvalue weighted by Crippen LogP contribution is -2.55. The minimum Gasteiger partial charge on any atom is -0.481 e. The van der Waals surface area contributed by atoms with Gasteiger partial charge >= 0.3 is 12.0 Å². The van der Waals surface area contributed by atoms with Crippen molar-refractivity contribution in [3.63, 3.8) is 0 Å². The number of aliphatic carboxylic acids is 1. The van der Waals surface area contributed by atoms with Crippen LogP contribution >= 0.6 is 0 Å². The monoisotopic (exact) mass is 283 g/mol. The van der Waals surface area contributed by atoms with Gasteiger partial charge in [-0.2, -0.15) is 0 Å². The molecule has 0 saturated carbocycles. The Hall–Kier alpha value is -1.30. The molecule has 0 radical (unpaired) electrons. The summed E-state index contributed by atoms with van der Waals surface area (Å²) >= 11 is 0. The van der Waals surface area contributed by atoms with Gasteiger partial charge in [-0.1, -0.05) is 0 Å². The second-order valence-corrected chi connectivity index (χ2v) is 6.28. The predicted molar refractivity (Wildman–Crippen MR) is 75.6 cm³/mol. The largest absolute Gasteiger partial charge is 0.481 e. The number of likely N-dealkylation sites (tertiary alicyclic amines) is 2. The Kier molecular flexibility index (Phi) is 4.86. The second kappa shape index (κ2) is 6.43. The number of urea groups is 1. The van der Waals surface area contributed by atoms with Gasteiger partial charge in [-0.15, -0.1) is 0 Å². The van der Waals surface area contributed by atoms with Gasteiger partial charge in [-0.3, -0.25) is 4.79 Å². The van der Waals surface area contributed by atoms with Crippen LogP contribution in [0.15, 0.2) is 0 Å². The van der Waals surface area contributed by atoms with Gasteiger partial charge in [-0.25, -0.2) is 4.79 Å². The molecule has 0 unspecified atom stereocenters. The third-order valence-corrected chi connectivity index (χ3v) is 4.39. The zero-order chi connectivity index (χ0) is 14.7. The zero-order valence-corrected chi connectivity index (χ0v) is 12.4. The molecule has 2 saturated heterocycles. The molecule has 20 heavy (non-hydrogen) atoms. The highest BCUT2D eigenvalue weighted by Crippen LogP contribution is 2.22. The molecule has 0 aromatic carbocycles. The van der Waals surface area contributed by atoms with Crippen molar-refractivity contribution in [3.8, 4) is 0 Å². The molecule has 2 rings (SSSR count). The number of carbonyl (C=O) groups excluding carboxylic acids is 1. The molecule has 6 nitrogen and oxygen atoms in total. The molecule has 0 aromatic heterocycles. The first kappa shape index (κ1) is 15.1. The topological polar surface area (TPSA) is 64.1 Å². The van der Waals surface area contributed by atoms with Crippen molar-refractivity contribution in [2.24, 2.45) is 11.8 Å². The van der Waals surface area contributed by atoms with Crippen LogP contribution in [0, 0.1) is 11.8 Å². The van der Waals surface area contributed by atoms with Gasteiger partial charge in [0, 0.05) is 32.6 Å². The summed E-state index contributed by atoms with van der Waals surface area (Å²) in [4.78, 5) is 28.6. The third kappa shape index (κ3) is 3.85. The minimum absolute atomic E-state index is 0.0468. The number of hydrogen-bond donors (Lipinski definition) is 1. The maximum atomic E-state index is 12.2. The molecule has 0 aliphatic carbocycles. The van der Waals surface area contributed by atoms with Crippen molar-refractivity contribution in [3.05, 3.63) is 0 Å². The van der Waals surface area contributed by atoms with Gasteiger partial charge in [0.25, 0.3) is 0 Å². The van der Waals surface area contributed by atoms with Crippen LogP contribution in [0.3, 0.4) is 0 Å². The second-order valence-electron chi connectivity index (χ2n) is 6.28. The predicted octanol–water partition coefficient (Wildman–Crippen LogP) is 0.786. The summed E-state index contributed by atoms with van der Waals surface area (Å²) in [6, 6.07) is 0.0468. The highest BCUT2D eigenvalue weighted by molar-refractivity contribution is 5.75. The number of carbonyl (C=O) groups is 2. The van der Waals surface area contributed by atoms with Crippen LogP contribution in [-0.2, 0) is 4.79 Å². The van der Waals surface area contributed by atoms with Gasteiger partial charge in [0.05, 0.1) is 6.42 Å². The van der Waals surface area contributed by atoms with Crippen LogP contribution in [0.25, 0.3) is 0 Å². The highest BCUT2D eigenvalue weighted by Gasteiger charge is 2.34. The number of carboxylic acid groups (broad SMARTS) is 1. The minimum atomic E-state index is -0.776. The van der Waals surface area contributed by atoms with Gasteiger partial charge < -0.3 is 19.8 Å². The Labute approximate surface area is 120 Å². The summed E-state index contributed by atoms with van der Waals surface area (Å²) in [6.07, 6.45) is 2.47. The summed E-state index contributed by atoms with van der Waals surface area (Å²) < 4.78 is 0. The highest BCUT2D eigenvalue weighted by atomic mass is 16.4. The summed E-state index contributed by atoms with van der Waals surface area (Å²) in [5.74, 6) is -0.0498. The summed E-state index contributed by atoms with van der Waals surface area (Å²) in [7, 11) is 3.99. The van der Waals surface area contributed by atoms with Crippen molar-refractivity contribution in [1.82, 2.24) is 14.7 Å². The smallest absolute Gasteiger partial charge is 0.319 e. The van der Waals surface area contributed by atoms with Crippen LogP contribution in [0.4, 0.5) is 4.79 Å². The van der Waals surface area contributed by atoms with Crippen LogP contribution in [0.1, 0.15) is 19.3 Å². The molecule has 2 aliphatic rings. The van der Waals surface area contributed by atoms with E-state index in [9.17, 15) is 9.59 Å². The van der Waals surface area contributed by atoms with E-state index in [1.807, 2.05) is 7.05 Å². The van der Waals surface area contributed by atoms with E-state index in [1.54, 1.807) is 9.80 Å². The van der Waals surface area contributed by atoms with Crippen molar-refractivity contribution in [2.45, 2.75) is 19.3 Å². The van der Waals surface area contributed by atoms with Crippen molar-refractivity contribution in [2.75, 3.05) is 46.8 Å². The van der Waals surface area contributed by atoms with E-state index >= 15 is 0 Å². The van der Waals surface area contributed by atoms with Gasteiger partial charge in [-0.05, 0) is 38.9 Å². The Balaban J connectivity index is 1.69. The van der Waals surface area contributed by atoms with Crippen molar-refractivity contribution >= 4 is 12.0 Å². The average molecular weight is 283 g/mol. The Bertz CT molecular complexity index is 361. The van der Waals surface area contributed by atoms with Crippen LogP contribution in [-0.4, -0.2) is 78.6 Å². The van der Waals surface area contributed by atoms with E-state index in [1.165, 1.54) is 0 Å². The van der Waals surface area contributed by atoms with Gasteiger partial charge in [0.15, 0.2) is 0 Å². The lowest BCUT2D eigenvalue weighted by atomic mass is 9.95. The number of hydrogen-bond acceptors (Lipinski definition) is 3. The molecule has 1 N–H and O–H groups in total. The van der Waals surface area contributed by atoms with Crippen LogP contribution in [0.5, 0.6) is 0 Å². The van der Waals surface area contributed by atoms with E-state index in [2.05, 4.69) is 11.9 Å². The van der Waals surface area contributed by atoms with E-state index in [0.717, 1.165) is 32.5 Å². The lowest BCUT2D eigenvalue weighted by Gasteiger charge is -2.41. The van der Waals surface area contributed by atoms with Crippen molar-refractivity contribution in [1.29, 1.82) is 0 Å². The molecule has 6 heteroatoms. The molecule has 2 heterocycles. The molecule has 2 aliphatic heterocycles. The van der Waals surface area contributed by atoms with Crippen LogP contribution < -0.4 is 0 Å². The fourth-order valence-corrected chi connectivity index (χ4v) is 3.05. The summed E-state index contributed by atoms with van der Waals surface area (Å²) in [5, 5.41) is 8.70. The molecule has 0 spiro atoms. The molecular weight excluding hydrogens is 258 g/mol. The molecule has 0 atom stereocenters. The molecule has 2 amide bonds.